The van der Waals surface area contributed by atoms with Crippen LogP contribution in [0.3, 0.4) is 0 Å². The second-order valence-corrected chi connectivity index (χ2v) is 6.40. The van der Waals surface area contributed by atoms with Gasteiger partial charge in [0, 0.05) is 6.21 Å². The summed E-state index contributed by atoms with van der Waals surface area (Å²) >= 11 is 0. The van der Waals surface area contributed by atoms with E-state index in [0.717, 1.165) is 17.7 Å². The van der Waals surface area contributed by atoms with Crippen molar-refractivity contribution >= 4 is 11.9 Å². The van der Waals surface area contributed by atoms with Crippen LogP contribution in [0.25, 0.3) is 0 Å². The fourth-order valence-electron chi connectivity index (χ4n) is 2.11. The molecule has 21 heavy (non-hydrogen) atoms. The average Bonchev–Trinajstić information content (AvgIpc) is 2.45. The lowest BCUT2D eigenvalue weighted by Crippen LogP contribution is -2.08. The molecule has 0 amide bonds. The summed E-state index contributed by atoms with van der Waals surface area (Å²) in [6.07, 6.45) is 2.92. The largest absolute Gasteiger partial charge is 0.256 e. The quantitative estimate of drug-likeness (QED) is 0.735. The number of hydrogen-bond donors (Lipinski definition) is 0. The zero-order chi connectivity index (χ0) is 15.3. The van der Waals surface area contributed by atoms with Gasteiger partial charge in [-0.1, -0.05) is 45.0 Å². The fraction of sp³-hybridized carbons (Fsp3) is 0.263. The lowest BCUT2D eigenvalue weighted by molar-refractivity contribution is 0.411. The molecule has 106 valence electrons. The first-order valence-electron chi connectivity index (χ1n) is 7.09. The molecule has 0 saturated heterocycles. The van der Waals surface area contributed by atoms with Gasteiger partial charge in [0.2, 0.25) is 0 Å². The molecular formula is C19H20N2. The van der Waals surface area contributed by atoms with Gasteiger partial charge in [-0.2, -0.15) is 5.26 Å². The normalized spacial score (nSPS) is 11.5. The van der Waals surface area contributed by atoms with Crippen molar-refractivity contribution in [1.82, 2.24) is 0 Å². The molecule has 0 aliphatic rings. The highest BCUT2D eigenvalue weighted by Gasteiger charge is 2.10. The Morgan fingerprint density at radius 2 is 1.62 bits per heavy atom. The number of nitriles is 1. The first-order chi connectivity index (χ1) is 9.96. The van der Waals surface area contributed by atoms with Crippen LogP contribution in [0.2, 0.25) is 0 Å². The molecule has 2 aromatic rings. The van der Waals surface area contributed by atoms with Gasteiger partial charge >= 0.3 is 0 Å². The zero-order valence-corrected chi connectivity index (χ0v) is 12.8. The first-order valence-corrected chi connectivity index (χ1v) is 7.09. The van der Waals surface area contributed by atoms with Crippen LogP contribution in [0.5, 0.6) is 0 Å². The van der Waals surface area contributed by atoms with Gasteiger partial charge in [0.05, 0.1) is 17.3 Å². The van der Waals surface area contributed by atoms with Crippen molar-refractivity contribution in [3.63, 3.8) is 0 Å². The summed E-state index contributed by atoms with van der Waals surface area (Å²) in [5.74, 6) is 0. The molecule has 0 saturated carbocycles. The standard InChI is InChI=1S/C19H20N2/c1-19(2,3)12-15-4-6-17(7-5-15)14-21-18-10-8-16(13-20)9-11-18/h4-11,14H,12H2,1-3H3. The van der Waals surface area contributed by atoms with Crippen LogP contribution in [-0.4, -0.2) is 6.21 Å². The van der Waals surface area contributed by atoms with Gasteiger partial charge in [-0.3, -0.25) is 4.99 Å². The number of aliphatic imine (C=N–C) groups is 1. The third-order valence-electron chi connectivity index (χ3n) is 3.07. The Balaban J connectivity index is 2.05. The second-order valence-electron chi connectivity index (χ2n) is 6.40. The van der Waals surface area contributed by atoms with E-state index in [1.807, 2.05) is 18.3 Å². The van der Waals surface area contributed by atoms with Crippen LogP contribution in [0, 0.1) is 16.7 Å². The van der Waals surface area contributed by atoms with Crippen LogP contribution < -0.4 is 0 Å². The fourth-order valence-corrected chi connectivity index (χ4v) is 2.11. The van der Waals surface area contributed by atoms with Crippen molar-refractivity contribution in [2.24, 2.45) is 10.4 Å². The van der Waals surface area contributed by atoms with Crippen LogP contribution in [0.1, 0.15) is 37.5 Å². The van der Waals surface area contributed by atoms with E-state index in [9.17, 15) is 0 Å². The summed E-state index contributed by atoms with van der Waals surface area (Å²) in [7, 11) is 0. The number of rotatable bonds is 3. The molecule has 0 unspecified atom stereocenters. The lowest BCUT2D eigenvalue weighted by Gasteiger charge is -2.17. The van der Waals surface area contributed by atoms with E-state index in [1.54, 1.807) is 12.1 Å². The summed E-state index contributed by atoms with van der Waals surface area (Å²) in [4.78, 5) is 4.42. The van der Waals surface area contributed by atoms with Crippen molar-refractivity contribution in [3.05, 3.63) is 65.2 Å². The molecule has 2 rings (SSSR count). The molecule has 0 atom stereocenters. The van der Waals surface area contributed by atoms with Gasteiger partial charge in [0.25, 0.3) is 0 Å². The molecular weight excluding hydrogens is 256 g/mol. The van der Waals surface area contributed by atoms with E-state index in [4.69, 9.17) is 5.26 Å². The van der Waals surface area contributed by atoms with Crippen molar-refractivity contribution in [2.75, 3.05) is 0 Å². The molecule has 0 aliphatic heterocycles. The molecule has 2 aromatic carbocycles. The average molecular weight is 276 g/mol. The van der Waals surface area contributed by atoms with E-state index in [1.165, 1.54) is 5.56 Å². The number of nitrogens with zero attached hydrogens (tertiary/aromatic N) is 2. The van der Waals surface area contributed by atoms with Crippen molar-refractivity contribution < 1.29 is 0 Å². The Morgan fingerprint density at radius 1 is 1.00 bits per heavy atom. The molecule has 0 N–H and O–H groups in total. The van der Waals surface area contributed by atoms with Gasteiger partial charge in [-0.05, 0) is 47.2 Å². The Bertz CT molecular complexity index is 651. The van der Waals surface area contributed by atoms with E-state index >= 15 is 0 Å². The molecule has 0 aliphatic carbocycles. The minimum Gasteiger partial charge on any atom is -0.256 e. The maximum absolute atomic E-state index is 8.75. The minimum atomic E-state index is 0.304. The Kier molecular flexibility index (Phi) is 4.55. The van der Waals surface area contributed by atoms with Crippen LogP contribution in [0.15, 0.2) is 53.5 Å². The Morgan fingerprint density at radius 3 is 2.14 bits per heavy atom. The van der Waals surface area contributed by atoms with Crippen molar-refractivity contribution in [2.45, 2.75) is 27.2 Å². The summed E-state index contributed by atoms with van der Waals surface area (Å²) in [5, 5.41) is 8.75. The zero-order valence-electron chi connectivity index (χ0n) is 12.8. The second kappa shape index (κ2) is 6.37. The molecule has 0 spiro atoms. The highest BCUT2D eigenvalue weighted by molar-refractivity contribution is 5.81. The summed E-state index contributed by atoms with van der Waals surface area (Å²) in [6, 6.07) is 17.9. The molecule has 0 heterocycles. The van der Waals surface area contributed by atoms with E-state index in [0.29, 0.717) is 11.0 Å². The predicted molar refractivity (Wildman–Crippen MR) is 88.0 cm³/mol. The predicted octanol–water partition coefficient (Wildman–Crippen LogP) is 4.90. The Hall–Kier alpha value is -2.40. The SMILES string of the molecule is CC(C)(C)Cc1ccc(C=Nc2ccc(C#N)cc2)cc1. The van der Waals surface area contributed by atoms with Crippen LogP contribution in [-0.2, 0) is 6.42 Å². The van der Waals surface area contributed by atoms with Crippen molar-refractivity contribution in [3.8, 4) is 6.07 Å². The Labute approximate surface area is 126 Å². The molecule has 0 aromatic heterocycles. The number of hydrogen-bond acceptors (Lipinski definition) is 2. The summed E-state index contributed by atoms with van der Waals surface area (Å²) in [5.41, 5.74) is 4.24. The maximum atomic E-state index is 8.75. The van der Waals surface area contributed by atoms with Gasteiger partial charge < -0.3 is 0 Å². The third kappa shape index (κ3) is 4.89. The smallest absolute Gasteiger partial charge is 0.0991 e. The first kappa shape index (κ1) is 15.0. The van der Waals surface area contributed by atoms with Crippen LogP contribution in [0.4, 0.5) is 5.69 Å². The van der Waals surface area contributed by atoms with Gasteiger partial charge in [-0.25, -0.2) is 0 Å². The molecule has 2 nitrogen and oxygen atoms in total. The summed E-state index contributed by atoms with van der Waals surface area (Å²) < 4.78 is 0. The van der Waals surface area contributed by atoms with Gasteiger partial charge in [0.15, 0.2) is 0 Å². The number of benzene rings is 2. The van der Waals surface area contributed by atoms with Crippen molar-refractivity contribution in [1.29, 1.82) is 5.26 Å². The highest BCUT2D eigenvalue weighted by Crippen LogP contribution is 2.20. The third-order valence-corrected chi connectivity index (χ3v) is 3.07. The minimum absolute atomic E-state index is 0.304. The van der Waals surface area contributed by atoms with Crippen LogP contribution >= 0.6 is 0 Å². The topological polar surface area (TPSA) is 36.1 Å². The maximum Gasteiger partial charge on any atom is 0.0991 e. The van der Waals surface area contributed by atoms with E-state index < -0.39 is 0 Å². The van der Waals surface area contributed by atoms with E-state index in [-0.39, 0.29) is 0 Å². The lowest BCUT2D eigenvalue weighted by atomic mass is 9.88. The molecule has 0 bridgehead atoms. The van der Waals surface area contributed by atoms with Gasteiger partial charge in [0.1, 0.15) is 0 Å². The molecule has 2 heteroatoms. The van der Waals surface area contributed by atoms with Gasteiger partial charge in [-0.15, -0.1) is 0 Å². The highest BCUT2D eigenvalue weighted by atomic mass is 14.7. The molecule has 0 fully saturated rings. The monoisotopic (exact) mass is 276 g/mol. The summed E-state index contributed by atoms with van der Waals surface area (Å²) in [6.45, 7) is 6.73. The molecule has 0 radical (unpaired) electrons. The van der Waals surface area contributed by atoms with E-state index in [2.05, 4.69) is 56.1 Å².